The van der Waals surface area contributed by atoms with E-state index in [9.17, 15) is 0 Å². The summed E-state index contributed by atoms with van der Waals surface area (Å²) >= 11 is 0. The van der Waals surface area contributed by atoms with Gasteiger partial charge in [-0.25, -0.2) is 0 Å². The number of rotatable bonds is 2. The molecular formula is C23H33N3O2. The third kappa shape index (κ3) is 4.75. The molecule has 152 valence electrons. The maximum atomic E-state index is 5.65. The Labute approximate surface area is 168 Å². The van der Waals surface area contributed by atoms with Gasteiger partial charge in [-0.05, 0) is 25.3 Å². The highest BCUT2D eigenvalue weighted by molar-refractivity contribution is 6.07. The van der Waals surface area contributed by atoms with Crippen molar-refractivity contribution in [3.63, 3.8) is 0 Å². The summed E-state index contributed by atoms with van der Waals surface area (Å²) in [5.41, 5.74) is 4.14. The molecule has 5 heteroatoms. The van der Waals surface area contributed by atoms with Crippen LogP contribution < -0.4 is 9.47 Å². The van der Waals surface area contributed by atoms with Crippen molar-refractivity contribution in [2.24, 2.45) is 9.98 Å². The first-order chi connectivity index (χ1) is 13.8. The lowest BCUT2D eigenvalue weighted by atomic mass is 10.1. The van der Waals surface area contributed by atoms with Crippen molar-refractivity contribution >= 4 is 23.3 Å². The van der Waals surface area contributed by atoms with Gasteiger partial charge < -0.3 is 14.5 Å². The third-order valence-electron chi connectivity index (χ3n) is 5.54. The van der Waals surface area contributed by atoms with E-state index in [1.807, 2.05) is 18.5 Å². The second kappa shape index (κ2) is 10.3. The summed E-state index contributed by atoms with van der Waals surface area (Å²) in [6.45, 7) is 3.84. The molecule has 1 N–H and O–H groups in total. The van der Waals surface area contributed by atoms with E-state index in [1.165, 1.54) is 38.5 Å². The average Bonchev–Trinajstić information content (AvgIpc) is 3.04. The van der Waals surface area contributed by atoms with Crippen LogP contribution in [-0.4, -0.2) is 44.7 Å². The number of aromatic nitrogens is 1. The summed E-state index contributed by atoms with van der Waals surface area (Å²) in [7, 11) is 3.39. The first-order valence-electron chi connectivity index (χ1n) is 10.5. The molecule has 1 aromatic heterocycles. The van der Waals surface area contributed by atoms with Crippen molar-refractivity contribution in [1.82, 2.24) is 4.98 Å². The maximum Gasteiger partial charge on any atom is 0.133 e. The zero-order chi connectivity index (χ0) is 19.8. The van der Waals surface area contributed by atoms with Crippen LogP contribution >= 0.6 is 0 Å². The van der Waals surface area contributed by atoms with Gasteiger partial charge in [-0.2, -0.15) is 0 Å². The molecule has 2 aromatic rings. The van der Waals surface area contributed by atoms with Crippen molar-refractivity contribution in [3.05, 3.63) is 22.9 Å². The summed E-state index contributed by atoms with van der Waals surface area (Å²) in [4.78, 5) is 12.9. The lowest BCUT2D eigenvalue weighted by molar-refractivity contribution is 0.397. The van der Waals surface area contributed by atoms with Crippen LogP contribution in [0, 0.1) is 6.92 Å². The lowest BCUT2D eigenvalue weighted by Gasteiger charge is -2.10. The first-order valence-corrected chi connectivity index (χ1v) is 10.5. The van der Waals surface area contributed by atoms with Crippen LogP contribution in [0.1, 0.15) is 68.2 Å². The fraction of sp³-hybridized carbons (Fsp3) is 0.565. The van der Waals surface area contributed by atoms with E-state index in [0.717, 1.165) is 65.2 Å². The number of aryl methyl sites for hydroxylation is 1. The predicted octanol–water partition coefficient (Wildman–Crippen LogP) is 5.47. The summed E-state index contributed by atoms with van der Waals surface area (Å²) in [5.74, 6) is 1.58. The van der Waals surface area contributed by atoms with Crippen molar-refractivity contribution in [1.29, 1.82) is 0 Å². The van der Waals surface area contributed by atoms with Crippen molar-refractivity contribution in [2.75, 3.05) is 27.3 Å². The first kappa shape index (κ1) is 20.4. The molecule has 0 amide bonds. The molecule has 1 aliphatic rings. The molecule has 0 aliphatic carbocycles. The molecule has 0 spiro atoms. The quantitative estimate of drug-likeness (QED) is 0.748. The molecule has 0 unspecified atom stereocenters. The predicted molar refractivity (Wildman–Crippen MR) is 118 cm³/mol. The van der Waals surface area contributed by atoms with E-state index in [-0.39, 0.29) is 0 Å². The SMILES string of the molecule is COc1cc(OC)c2c(C)c3[nH]c2c1C=NCCCCCCCCCCN=C3. The largest absolute Gasteiger partial charge is 0.496 e. The third-order valence-corrected chi connectivity index (χ3v) is 5.54. The van der Waals surface area contributed by atoms with Crippen LogP contribution in [0.4, 0.5) is 0 Å². The second-order valence-electron chi connectivity index (χ2n) is 7.51. The second-order valence-corrected chi connectivity index (χ2v) is 7.51. The number of hydrogen-bond donors (Lipinski definition) is 1. The topological polar surface area (TPSA) is 59.0 Å². The number of benzene rings is 1. The Morgan fingerprint density at radius 3 is 1.96 bits per heavy atom. The molecule has 0 saturated heterocycles. The number of methoxy groups -OCH3 is 2. The van der Waals surface area contributed by atoms with Gasteiger partial charge in [-0.15, -0.1) is 0 Å². The van der Waals surface area contributed by atoms with Gasteiger partial charge in [0.15, 0.2) is 0 Å². The minimum Gasteiger partial charge on any atom is -0.496 e. The number of aromatic amines is 1. The summed E-state index contributed by atoms with van der Waals surface area (Å²) in [5, 5.41) is 1.07. The summed E-state index contributed by atoms with van der Waals surface area (Å²) in [6, 6.07) is 1.95. The highest BCUT2D eigenvalue weighted by Crippen LogP contribution is 2.37. The van der Waals surface area contributed by atoms with Crippen molar-refractivity contribution in [2.45, 2.75) is 58.3 Å². The number of ether oxygens (including phenoxy) is 2. The summed E-state index contributed by atoms with van der Waals surface area (Å²) in [6.07, 6.45) is 14.0. The number of H-pyrrole nitrogens is 1. The normalized spacial score (nSPS) is 16.8. The molecule has 2 heterocycles. The van der Waals surface area contributed by atoms with E-state index in [1.54, 1.807) is 14.2 Å². The molecule has 28 heavy (non-hydrogen) atoms. The highest BCUT2D eigenvalue weighted by atomic mass is 16.5. The smallest absolute Gasteiger partial charge is 0.133 e. The average molecular weight is 384 g/mol. The van der Waals surface area contributed by atoms with E-state index in [4.69, 9.17) is 9.47 Å². The van der Waals surface area contributed by atoms with Crippen LogP contribution in [0.3, 0.4) is 0 Å². The molecular weight excluding hydrogens is 350 g/mol. The molecule has 3 rings (SSSR count). The van der Waals surface area contributed by atoms with Gasteiger partial charge in [0, 0.05) is 37.0 Å². The van der Waals surface area contributed by atoms with Gasteiger partial charge in [0.2, 0.25) is 0 Å². The summed E-state index contributed by atoms with van der Waals surface area (Å²) < 4.78 is 11.3. The highest BCUT2D eigenvalue weighted by Gasteiger charge is 2.18. The number of aliphatic imine (C=N–C) groups is 2. The van der Waals surface area contributed by atoms with Crippen LogP contribution in [0.5, 0.6) is 11.5 Å². The molecule has 0 radical (unpaired) electrons. The van der Waals surface area contributed by atoms with Gasteiger partial charge in [-0.1, -0.05) is 38.5 Å². The number of hydrogen-bond acceptors (Lipinski definition) is 4. The molecule has 1 aromatic carbocycles. The fourth-order valence-corrected chi connectivity index (χ4v) is 3.88. The number of nitrogens with one attached hydrogen (secondary N) is 1. The van der Waals surface area contributed by atoms with Crippen molar-refractivity contribution in [3.8, 4) is 11.5 Å². The minimum absolute atomic E-state index is 0.771. The van der Waals surface area contributed by atoms with E-state index in [0.29, 0.717) is 0 Å². The van der Waals surface area contributed by atoms with Gasteiger partial charge in [0.05, 0.1) is 31.0 Å². The van der Waals surface area contributed by atoms with E-state index in [2.05, 4.69) is 21.9 Å². The standard InChI is InChI=1S/C23H33N3O2/c1-17-19-16-25-13-11-9-7-5-4-6-8-10-12-24-15-18-20(27-2)14-21(28-3)22(17)23(18)26-19/h14-16,26H,4-13H2,1-3H3. The van der Waals surface area contributed by atoms with Crippen LogP contribution in [-0.2, 0) is 0 Å². The Morgan fingerprint density at radius 2 is 1.36 bits per heavy atom. The number of nitrogens with zero attached hydrogens (tertiary/aromatic N) is 2. The van der Waals surface area contributed by atoms with Gasteiger partial charge in [-0.3, -0.25) is 9.98 Å². The Balaban J connectivity index is 2.02. The zero-order valence-electron chi connectivity index (χ0n) is 17.5. The van der Waals surface area contributed by atoms with Crippen LogP contribution in [0.25, 0.3) is 10.9 Å². The lowest BCUT2D eigenvalue weighted by Crippen LogP contribution is -1.96. The molecule has 1 aliphatic heterocycles. The van der Waals surface area contributed by atoms with Crippen LogP contribution in [0.2, 0.25) is 0 Å². The molecule has 2 bridgehead atoms. The Bertz CT molecular complexity index is 836. The molecule has 5 nitrogen and oxygen atoms in total. The Hall–Kier alpha value is -2.30. The monoisotopic (exact) mass is 383 g/mol. The minimum atomic E-state index is 0.771. The van der Waals surface area contributed by atoms with Crippen LogP contribution in [0.15, 0.2) is 16.1 Å². The van der Waals surface area contributed by atoms with Gasteiger partial charge in [0.25, 0.3) is 0 Å². The Morgan fingerprint density at radius 1 is 0.786 bits per heavy atom. The van der Waals surface area contributed by atoms with Crippen molar-refractivity contribution < 1.29 is 9.47 Å². The van der Waals surface area contributed by atoms with Gasteiger partial charge in [0.1, 0.15) is 11.5 Å². The molecule has 0 saturated carbocycles. The van der Waals surface area contributed by atoms with E-state index >= 15 is 0 Å². The molecule has 0 atom stereocenters. The van der Waals surface area contributed by atoms with Gasteiger partial charge >= 0.3 is 0 Å². The fourth-order valence-electron chi connectivity index (χ4n) is 3.88. The zero-order valence-corrected chi connectivity index (χ0v) is 17.5. The number of fused-ring (bicyclic) bond motifs is 1. The molecule has 0 fully saturated rings. The van der Waals surface area contributed by atoms with E-state index < -0.39 is 0 Å². The maximum absolute atomic E-state index is 5.65. The Kier molecular flexibility index (Phi) is 7.52.